The Balaban J connectivity index is 2.29. The lowest BCUT2D eigenvalue weighted by Gasteiger charge is -1.99. The molecule has 2 aromatic heterocycles. The Bertz CT molecular complexity index is 880. The number of hydrogen-bond acceptors (Lipinski definition) is 3. The second-order valence-electron chi connectivity index (χ2n) is 4.90. The van der Waals surface area contributed by atoms with Gasteiger partial charge in [0, 0.05) is 11.6 Å². The third-order valence-corrected chi connectivity index (χ3v) is 4.03. The SMILES string of the molecule is COC(=O)c1c2ccc(C=C[S+](C)[O-])cc2n2ccccc12. The molecule has 0 N–H and O–H groups in total. The highest BCUT2D eigenvalue weighted by molar-refractivity contribution is 7.93. The third-order valence-electron chi connectivity index (χ3n) is 3.51. The van der Waals surface area contributed by atoms with Crippen LogP contribution < -0.4 is 0 Å². The molecule has 22 heavy (non-hydrogen) atoms. The van der Waals surface area contributed by atoms with Gasteiger partial charge in [0.1, 0.15) is 5.41 Å². The maximum Gasteiger partial charge on any atom is 0.340 e. The van der Waals surface area contributed by atoms with E-state index in [4.69, 9.17) is 4.74 Å². The molecule has 0 spiro atoms. The summed E-state index contributed by atoms with van der Waals surface area (Å²) in [6.45, 7) is 0. The van der Waals surface area contributed by atoms with Gasteiger partial charge in [-0.25, -0.2) is 4.79 Å². The molecular formula is C17H15NO3S. The van der Waals surface area contributed by atoms with Gasteiger partial charge in [-0.05, 0) is 41.0 Å². The fraction of sp³-hybridized carbons (Fsp3) is 0.118. The minimum absolute atomic E-state index is 0.350. The van der Waals surface area contributed by atoms with Crippen LogP contribution in [-0.4, -0.2) is 28.3 Å². The number of carbonyl (C=O) groups excluding carboxylic acids is 1. The van der Waals surface area contributed by atoms with Gasteiger partial charge in [0.15, 0.2) is 0 Å². The Labute approximate surface area is 131 Å². The number of nitrogens with zero attached hydrogens (tertiary/aromatic N) is 1. The fourth-order valence-corrected chi connectivity index (χ4v) is 2.90. The number of methoxy groups -OCH3 is 1. The predicted molar refractivity (Wildman–Crippen MR) is 89.3 cm³/mol. The van der Waals surface area contributed by atoms with Crippen molar-refractivity contribution in [1.29, 1.82) is 0 Å². The van der Waals surface area contributed by atoms with Gasteiger partial charge in [-0.3, -0.25) is 0 Å². The summed E-state index contributed by atoms with van der Waals surface area (Å²) in [4.78, 5) is 12.1. The van der Waals surface area contributed by atoms with Gasteiger partial charge in [-0.1, -0.05) is 18.2 Å². The molecule has 3 rings (SSSR count). The molecule has 2 heterocycles. The minimum atomic E-state index is -0.992. The molecule has 0 aliphatic rings. The number of fused-ring (bicyclic) bond motifs is 3. The molecule has 0 aliphatic heterocycles. The molecule has 1 atom stereocenters. The van der Waals surface area contributed by atoms with Crippen LogP contribution >= 0.6 is 0 Å². The molecule has 4 nitrogen and oxygen atoms in total. The predicted octanol–water partition coefficient (Wildman–Crippen LogP) is 3.23. The Morgan fingerprint density at radius 3 is 2.82 bits per heavy atom. The normalized spacial score (nSPS) is 13.0. The number of aromatic nitrogens is 1. The summed E-state index contributed by atoms with van der Waals surface area (Å²) >= 11 is -0.992. The summed E-state index contributed by atoms with van der Waals surface area (Å²) in [5.74, 6) is -0.350. The molecule has 1 aromatic carbocycles. The van der Waals surface area contributed by atoms with Gasteiger partial charge in [0.2, 0.25) is 0 Å². The summed E-state index contributed by atoms with van der Waals surface area (Å²) in [7, 11) is 1.38. The van der Waals surface area contributed by atoms with E-state index in [1.54, 1.807) is 11.7 Å². The van der Waals surface area contributed by atoms with Gasteiger partial charge in [-0.15, -0.1) is 0 Å². The Morgan fingerprint density at radius 1 is 1.27 bits per heavy atom. The highest BCUT2D eigenvalue weighted by atomic mass is 32.2. The molecule has 0 aliphatic carbocycles. The van der Waals surface area contributed by atoms with Gasteiger partial charge in [0.05, 0.1) is 30.0 Å². The largest absolute Gasteiger partial charge is 0.612 e. The summed E-state index contributed by atoms with van der Waals surface area (Å²) in [5, 5.41) is 2.48. The van der Waals surface area contributed by atoms with Crippen LogP contribution in [0.3, 0.4) is 0 Å². The molecule has 0 saturated carbocycles. The second-order valence-corrected chi connectivity index (χ2v) is 6.17. The van der Waals surface area contributed by atoms with Crippen molar-refractivity contribution in [3.05, 3.63) is 59.1 Å². The number of esters is 1. The zero-order valence-corrected chi connectivity index (χ0v) is 13.1. The topological polar surface area (TPSA) is 53.8 Å². The molecule has 5 heteroatoms. The molecule has 0 bridgehead atoms. The van der Waals surface area contributed by atoms with Crippen molar-refractivity contribution in [2.45, 2.75) is 0 Å². The Hall–Kier alpha value is -2.24. The molecule has 3 aromatic rings. The second kappa shape index (κ2) is 5.87. The van der Waals surface area contributed by atoms with Crippen LogP contribution in [0.25, 0.3) is 22.5 Å². The van der Waals surface area contributed by atoms with Crippen LogP contribution in [0, 0.1) is 0 Å². The zero-order valence-electron chi connectivity index (χ0n) is 12.3. The lowest BCUT2D eigenvalue weighted by Crippen LogP contribution is -2.00. The van der Waals surface area contributed by atoms with E-state index >= 15 is 0 Å². The average molecular weight is 313 g/mol. The third kappa shape index (κ3) is 2.49. The van der Waals surface area contributed by atoms with Crippen LogP contribution in [0.5, 0.6) is 0 Å². The zero-order chi connectivity index (χ0) is 15.7. The molecule has 112 valence electrons. The first-order valence-corrected chi connectivity index (χ1v) is 8.35. The summed E-state index contributed by atoms with van der Waals surface area (Å²) < 4.78 is 18.1. The first-order chi connectivity index (χ1) is 10.6. The molecule has 0 amide bonds. The summed E-state index contributed by atoms with van der Waals surface area (Å²) in [6.07, 6.45) is 5.35. The van der Waals surface area contributed by atoms with Crippen molar-refractivity contribution in [2.24, 2.45) is 0 Å². The van der Waals surface area contributed by atoms with Crippen LogP contribution in [0.4, 0.5) is 0 Å². The molecule has 0 fully saturated rings. The number of carbonyl (C=O) groups is 1. The number of rotatable bonds is 3. The van der Waals surface area contributed by atoms with Gasteiger partial charge < -0.3 is 13.7 Å². The van der Waals surface area contributed by atoms with E-state index in [1.165, 1.54) is 7.11 Å². The lowest BCUT2D eigenvalue weighted by molar-refractivity contribution is 0.0605. The number of benzene rings is 1. The first kappa shape index (κ1) is 14.7. The highest BCUT2D eigenvalue weighted by Crippen LogP contribution is 2.28. The lowest BCUT2D eigenvalue weighted by atomic mass is 10.1. The monoisotopic (exact) mass is 313 g/mol. The number of hydrogen-bond donors (Lipinski definition) is 0. The van der Waals surface area contributed by atoms with Crippen molar-refractivity contribution in [3.8, 4) is 0 Å². The van der Waals surface area contributed by atoms with Crippen LogP contribution in [0.1, 0.15) is 15.9 Å². The number of pyridine rings is 1. The maximum absolute atomic E-state index is 12.1. The molecule has 0 saturated heterocycles. The Kier molecular flexibility index (Phi) is 3.92. The van der Waals surface area contributed by atoms with Crippen molar-refractivity contribution in [1.82, 2.24) is 4.40 Å². The van der Waals surface area contributed by atoms with Crippen LogP contribution in [-0.2, 0) is 15.9 Å². The quantitative estimate of drug-likeness (QED) is 0.551. The van der Waals surface area contributed by atoms with Gasteiger partial charge in [-0.2, -0.15) is 0 Å². The summed E-state index contributed by atoms with van der Waals surface area (Å²) in [6, 6.07) is 11.5. The maximum atomic E-state index is 12.1. The van der Waals surface area contributed by atoms with E-state index in [-0.39, 0.29) is 5.97 Å². The van der Waals surface area contributed by atoms with E-state index < -0.39 is 11.2 Å². The van der Waals surface area contributed by atoms with E-state index in [1.807, 2.05) is 53.1 Å². The summed E-state index contributed by atoms with van der Waals surface area (Å²) in [5.41, 5.74) is 3.22. The number of ether oxygens (including phenoxy) is 1. The average Bonchev–Trinajstić information content (AvgIpc) is 2.86. The highest BCUT2D eigenvalue weighted by Gasteiger charge is 2.18. The van der Waals surface area contributed by atoms with E-state index in [0.29, 0.717) is 5.56 Å². The van der Waals surface area contributed by atoms with Crippen LogP contribution in [0.15, 0.2) is 48.0 Å². The molecular weight excluding hydrogens is 298 g/mol. The van der Waals surface area contributed by atoms with Gasteiger partial charge >= 0.3 is 5.97 Å². The molecule has 1 unspecified atom stereocenters. The van der Waals surface area contributed by atoms with Gasteiger partial charge in [0.25, 0.3) is 0 Å². The smallest absolute Gasteiger partial charge is 0.340 e. The fourth-order valence-electron chi connectivity index (χ4n) is 2.55. The standard InChI is InChI=1S/C17H15NO3S/c1-21-17(19)16-13-7-6-12(8-10-22(2)20)11-15(13)18-9-4-3-5-14(16)18/h3-11H,1-2H3. The van der Waals surface area contributed by atoms with Crippen molar-refractivity contribution in [2.75, 3.05) is 13.4 Å². The molecule has 0 radical (unpaired) electrons. The van der Waals surface area contributed by atoms with E-state index in [2.05, 4.69) is 0 Å². The van der Waals surface area contributed by atoms with Crippen molar-refractivity contribution < 1.29 is 14.1 Å². The van der Waals surface area contributed by atoms with Crippen LogP contribution in [0.2, 0.25) is 0 Å². The Morgan fingerprint density at radius 2 is 2.09 bits per heavy atom. The van der Waals surface area contributed by atoms with Crippen molar-refractivity contribution >= 4 is 39.6 Å². The minimum Gasteiger partial charge on any atom is -0.612 e. The van der Waals surface area contributed by atoms with E-state index in [9.17, 15) is 9.35 Å². The first-order valence-electron chi connectivity index (χ1n) is 6.73. The van der Waals surface area contributed by atoms with E-state index in [0.717, 1.165) is 22.0 Å². The van der Waals surface area contributed by atoms with Crippen molar-refractivity contribution in [3.63, 3.8) is 0 Å².